The number of alkyl halides is 7. The highest BCUT2D eigenvalue weighted by Gasteiger charge is 2.62. The Morgan fingerprint density at radius 1 is 1.22 bits per heavy atom. The molecule has 0 aromatic carbocycles. The summed E-state index contributed by atoms with van der Waals surface area (Å²) in [5.74, 6) is 0. The average Bonchev–Trinajstić information content (AvgIpc) is 2.18. The molecule has 1 aliphatic rings. The Bertz CT molecular complexity index is 288. The summed E-state index contributed by atoms with van der Waals surface area (Å²) in [5.41, 5.74) is -0.700. The summed E-state index contributed by atoms with van der Waals surface area (Å²) in [4.78, 5) is -0.123. The SMILES string of the molecule is CCC1(C)C(Br)CC1OC(C(F)(F)F)C(F)(F)F. The van der Waals surface area contributed by atoms with Crippen LogP contribution in [-0.4, -0.2) is 29.4 Å². The Balaban J connectivity index is 2.82. The number of hydrogen-bond acceptors (Lipinski definition) is 1. The molecule has 1 fully saturated rings. The Kier molecular flexibility index (Phi) is 4.33. The lowest BCUT2D eigenvalue weighted by Crippen LogP contribution is -2.58. The summed E-state index contributed by atoms with van der Waals surface area (Å²) in [6.45, 7) is 3.32. The molecule has 0 radical (unpaired) electrons. The fraction of sp³-hybridized carbons (Fsp3) is 1.00. The molecule has 1 rings (SSSR count). The van der Waals surface area contributed by atoms with Crippen LogP contribution in [0.3, 0.4) is 0 Å². The molecule has 1 saturated carbocycles. The second-order valence-corrected chi connectivity index (χ2v) is 5.76. The van der Waals surface area contributed by atoms with Crippen molar-refractivity contribution in [3.05, 3.63) is 0 Å². The second-order valence-electron chi connectivity index (χ2n) is 4.65. The molecule has 0 aromatic heterocycles. The number of rotatable bonds is 3. The van der Waals surface area contributed by atoms with Gasteiger partial charge in [-0.15, -0.1) is 0 Å². The molecule has 0 N–H and O–H groups in total. The van der Waals surface area contributed by atoms with Crippen LogP contribution in [0.15, 0.2) is 0 Å². The molecule has 0 aromatic rings. The summed E-state index contributed by atoms with van der Waals surface area (Å²) < 4.78 is 78.3. The molecule has 0 spiro atoms. The van der Waals surface area contributed by atoms with Gasteiger partial charge in [0.2, 0.25) is 6.10 Å². The average molecular weight is 343 g/mol. The van der Waals surface area contributed by atoms with E-state index in [2.05, 4.69) is 20.7 Å². The van der Waals surface area contributed by atoms with Crippen LogP contribution in [-0.2, 0) is 4.74 Å². The van der Waals surface area contributed by atoms with Gasteiger partial charge in [0.25, 0.3) is 0 Å². The largest absolute Gasteiger partial charge is 0.423 e. The predicted molar refractivity (Wildman–Crippen MR) is 56.5 cm³/mol. The van der Waals surface area contributed by atoms with E-state index in [0.29, 0.717) is 6.42 Å². The van der Waals surface area contributed by atoms with Crippen molar-refractivity contribution in [2.45, 2.75) is 56.1 Å². The van der Waals surface area contributed by atoms with Gasteiger partial charge < -0.3 is 4.74 Å². The van der Waals surface area contributed by atoms with Gasteiger partial charge in [-0.2, -0.15) is 26.3 Å². The lowest BCUT2D eigenvalue weighted by atomic mass is 9.65. The van der Waals surface area contributed by atoms with Gasteiger partial charge in [-0.05, 0) is 12.8 Å². The minimum absolute atomic E-state index is 0.123. The van der Waals surface area contributed by atoms with Gasteiger partial charge in [0.15, 0.2) is 0 Å². The van der Waals surface area contributed by atoms with Crippen molar-refractivity contribution in [1.29, 1.82) is 0 Å². The van der Waals surface area contributed by atoms with Gasteiger partial charge in [0.05, 0.1) is 6.10 Å². The first-order valence-corrected chi connectivity index (χ1v) is 6.27. The second kappa shape index (κ2) is 4.85. The lowest BCUT2D eigenvalue weighted by molar-refractivity contribution is -0.344. The standard InChI is InChI=1S/C10H13BrF6O/c1-3-8(2)5(11)4-6(8)18-7(9(12,13)14)10(15,16)17/h5-7H,3-4H2,1-2H3. The molecule has 0 bridgehead atoms. The zero-order chi connectivity index (χ0) is 14.4. The van der Waals surface area contributed by atoms with E-state index in [1.165, 1.54) is 0 Å². The van der Waals surface area contributed by atoms with E-state index < -0.39 is 30.0 Å². The molecular formula is C10H13BrF6O. The van der Waals surface area contributed by atoms with Crippen molar-refractivity contribution < 1.29 is 31.1 Å². The maximum atomic E-state index is 12.3. The Labute approximate surface area is 109 Å². The van der Waals surface area contributed by atoms with Crippen molar-refractivity contribution in [2.75, 3.05) is 0 Å². The first kappa shape index (κ1) is 16.1. The van der Waals surface area contributed by atoms with E-state index in [4.69, 9.17) is 0 Å². The third kappa shape index (κ3) is 2.95. The van der Waals surface area contributed by atoms with E-state index in [-0.39, 0.29) is 11.2 Å². The molecule has 0 saturated heterocycles. The van der Waals surface area contributed by atoms with E-state index >= 15 is 0 Å². The normalized spacial score (nSPS) is 33.7. The zero-order valence-corrected chi connectivity index (χ0v) is 11.3. The van der Waals surface area contributed by atoms with Crippen LogP contribution in [0.2, 0.25) is 0 Å². The first-order valence-electron chi connectivity index (χ1n) is 5.36. The van der Waals surface area contributed by atoms with E-state index in [0.717, 1.165) is 0 Å². The molecule has 18 heavy (non-hydrogen) atoms. The fourth-order valence-corrected chi connectivity index (χ4v) is 2.89. The zero-order valence-electron chi connectivity index (χ0n) is 9.70. The van der Waals surface area contributed by atoms with Gasteiger partial charge in [-0.25, -0.2) is 0 Å². The summed E-state index contributed by atoms with van der Waals surface area (Å²) >= 11 is 3.23. The summed E-state index contributed by atoms with van der Waals surface area (Å²) in [6, 6.07) is 0. The Hall–Kier alpha value is 0.0200. The molecule has 0 amide bonds. The third-order valence-corrected chi connectivity index (χ3v) is 4.95. The highest BCUT2D eigenvalue weighted by Crippen LogP contribution is 2.52. The molecule has 1 aliphatic carbocycles. The molecule has 8 heteroatoms. The monoisotopic (exact) mass is 342 g/mol. The van der Waals surface area contributed by atoms with Gasteiger partial charge >= 0.3 is 12.4 Å². The summed E-state index contributed by atoms with van der Waals surface area (Å²) in [6.07, 6.45) is -15.0. The maximum absolute atomic E-state index is 12.3. The molecule has 3 unspecified atom stereocenters. The van der Waals surface area contributed by atoms with E-state index in [1.807, 2.05) is 0 Å². The minimum Gasteiger partial charge on any atom is -0.357 e. The molecule has 1 nitrogen and oxygen atoms in total. The summed E-state index contributed by atoms with van der Waals surface area (Å²) in [5, 5.41) is 0. The first-order chi connectivity index (χ1) is 7.93. The van der Waals surface area contributed by atoms with Crippen LogP contribution in [0, 0.1) is 5.41 Å². The van der Waals surface area contributed by atoms with Gasteiger partial charge in [0.1, 0.15) is 0 Å². The smallest absolute Gasteiger partial charge is 0.357 e. The van der Waals surface area contributed by atoms with Crippen molar-refractivity contribution in [3.63, 3.8) is 0 Å². The molecule has 0 aliphatic heterocycles. The van der Waals surface area contributed by atoms with Crippen LogP contribution >= 0.6 is 15.9 Å². The predicted octanol–water partition coefficient (Wildman–Crippen LogP) is 4.45. The van der Waals surface area contributed by atoms with Crippen LogP contribution in [0.5, 0.6) is 0 Å². The highest BCUT2D eigenvalue weighted by atomic mass is 79.9. The van der Waals surface area contributed by atoms with Crippen molar-refractivity contribution in [3.8, 4) is 0 Å². The van der Waals surface area contributed by atoms with Crippen LogP contribution in [0.1, 0.15) is 26.7 Å². The van der Waals surface area contributed by atoms with E-state index in [1.54, 1.807) is 13.8 Å². The molecular weight excluding hydrogens is 330 g/mol. The fourth-order valence-electron chi connectivity index (χ4n) is 1.93. The Morgan fingerprint density at radius 3 is 1.94 bits per heavy atom. The van der Waals surface area contributed by atoms with Crippen molar-refractivity contribution >= 4 is 15.9 Å². The van der Waals surface area contributed by atoms with Crippen LogP contribution < -0.4 is 0 Å². The topological polar surface area (TPSA) is 9.23 Å². The quantitative estimate of drug-likeness (QED) is 0.544. The molecule has 3 atom stereocenters. The van der Waals surface area contributed by atoms with E-state index in [9.17, 15) is 26.3 Å². The van der Waals surface area contributed by atoms with Crippen LogP contribution in [0.4, 0.5) is 26.3 Å². The van der Waals surface area contributed by atoms with Crippen molar-refractivity contribution in [1.82, 2.24) is 0 Å². The lowest BCUT2D eigenvalue weighted by Gasteiger charge is -2.52. The van der Waals surface area contributed by atoms with Crippen molar-refractivity contribution in [2.24, 2.45) is 5.41 Å². The van der Waals surface area contributed by atoms with Gasteiger partial charge in [-0.3, -0.25) is 0 Å². The maximum Gasteiger partial charge on any atom is 0.423 e. The number of ether oxygens (including phenoxy) is 1. The third-order valence-electron chi connectivity index (χ3n) is 3.53. The summed E-state index contributed by atoms with van der Waals surface area (Å²) in [7, 11) is 0. The van der Waals surface area contributed by atoms with Gasteiger partial charge in [0, 0.05) is 10.2 Å². The number of hydrogen-bond donors (Lipinski definition) is 0. The highest BCUT2D eigenvalue weighted by molar-refractivity contribution is 9.09. The number of halogens is 7. The van der Waals surface area contributed by atoms with Gasteiger partial charge in [-0.1, -0.05) is 29.8 Å². The minimum atomic E-state index is -5.44. The molecule has 108 valence electrons. The van der Waals surface area contributed by atoms with Crippen LogP contribution in [0.25, 0.3) is 0 Å². The molecule has 0 heterocycles. The Morgan fingerprint density at radius 2 is 1.67 bits per heavy atom.